The molecule has 0 spiro atoms. The molecule has 32 heavy (non-hydrogen) atoms. The van der Waals surface area contributed by atoms with E-state index in [4.69, 9.17) is 16.6 Å². The second-order valence-electron chi connectivity index (χ2n) is 8.33. The first-order chi connectivity index (χ1) is 15.4. The Kier molecular flexibility index (Phi) is 4.93. The molecule has 164 valence electrons. The summed E-state index contributed by atoms with van der Waals surface area (Å²) in [6.45, 7) is 5.60. The summed E-state index contributed by atoms with van der Waals surface area (Å²) < 4.78 is 4.71. The van der Waals surface area contributed by atoms with E-state index in [1.54, 1.807) is 7.05 Å². The van der Waals surface area contributed by atoms with E-state index >= 15 is 0 Å². The minimum atomic E-state index is -0.369. The van der Waals surface area contributed by atoms with E-state index in [0.29, 0.717) is 28.7 Å². The number of halogens is 1. The third kappa shape index (κ3) is 3.15. The van der Waals surface area contributed by atoms with Crippen LogP contribution in [0.5, 0.6) is 0 Å². The molecule has 1 aliphatic rings. The third-order valence-corrected chi connectivity index (χ3v) is 6.68. The average molecular weight is 450 g/mol. The highest BCUT2D eigenvalue weighted by Gasteiger charge is 2.27. The number of aryl methyl sites for hydroxylation is 4. The number of rotatable bonds is 3. The Labute approximate surface area is 190 Å². The van der Waals surface area contributed by atoms with Gasteiger partial charge in [-0.25, -0.2) is 4.79 Å². The largest absolute Gasteiger partial charge is 0.332 e. The van der Waals surface area contributed by atoms with Crippen molar-refractivity contribution in [3.8, 4) is 0 Å². The minimum absolute atomic E-state index is 0.228. The number of hydrogen-bond acceptors (Lipinski definition) is 4. The molecule has 2 aromatic heterocycles. The summed E-state index contributed by atoms with van der Waals surface area (Å²) in [6.07, 6.45) is 0.851. The molecule has 0 saturated heterocycles. The fourth-order valence-electron chi connectivity index (χ4n) is 4.36. The van der Waals surface area contributed by atoms with Crippen LogP contribution in [0.25, 0.3) is 11.2 Å². The summed E-state index contributed by atoms with van der Waals surface area (Å²) in [4.78, 5) is 33.5. The number of fused-ring (bicyclic) bond motifs is 3. The summed E-state index contributed by atoms with van der Waals surface area (Å²) in [6, 6.07) is 13.7. The fourth-order valence-corrected chi connectivity index (χ4v) is 4.53. The van der Waals surface area contributed by atoms with Gasteiger partial charge >= 0.3 is 5.69 Å². The van der Waals surface area contributed by atoms with Crippen molar-refractivity contribution in [3.63, 3.8) is 0 Å². The second-order valence-corrected chi connectivity index (χ2v) is 8.74. The smallest absolute Gasteiger partial charge is 0.312 e. The molecule has 2 aromatic carbocycles. The van der Waals surface area contributed by atoms with Crippen molar-refractivity contribution in [2.45, 2.75) is 33.4 Å². The van der Waals surface area contributed by atoms with Crippen LogP contribution < -0.4 is 16.1 Å². The van der Waals surface area contributed by atoms with E-state index in [0.717, 1.165) is 35.3 Å². The summed E-state index contributed by atoms with van der Waals surface area (Å²) in [5.74, 6) is 0.659. The van der Waals surface area contributed by atoms with Gasteiger partial charge in [0.05, 0.1) is 6.54 Å². The molecular weight excluding hydrogens is 426 g/mol. The molecule has 0 aliphatic carbocycles. The Morgan fingerprint density at radius 2 is 1.81 bits per heavy atom. The van der Waals surface area contributed by atoms with Gasteiger partial charge in [-0.2, -0.15) is 4.98 Å². The Morgan fingerprint density at radius 1 is 1.03 bits per heavy atom. The summed E-state index contributed by atoms with van der Waals surface area (Å²) in [5, 5.41) is 0.684. The van der Waals surface area contributed by atoms with Crippen LogP contribution in [-0.2, 0) is 20.1 Å². The molecule has 0 atom stereocenters. The summed E-state index contributed by atoms with van der Waals surface area (Å²) in [7, 11) is 1.67. The van der Waals surface area contributed by atoms with Gasteiger partial charge in [0.1, 0.15) is 0 Å². The lowest BCUT2D eigenvalue weighted by Gasteiger charge is -2.29. The topological polar surface area (TPSA) is 65.1 Å². The molecule has 7 nitrogen and oxygen atoms in total. The standard InChI is InChI=1S/C24H24ClN5O2/c1-15-7-4-5-8-17(15)14-30-22(31)20-21(27(3)24(30)32)26-23-28(11-6-12-29(20)23)18-10-9-16(2)19(25)13-18/h4-5,7-10,13H,6,11-12,14H2,1-3H3. The molecule has 0 radical (unpaired) electrons. The lowest BCUT2D eigenvalue weighted by Crippen LogP contribution is -2.40. The first-order valence-electron chi connectivity index (χ1n) is 10.6. The quantitative estimate of drug-likeness (QED) is 0.477. The van der Waals surface area contributed by atoms with Crippen LogP contribution in [0.4, 0.5) is 11.6 Å². The van der Waals surface area contributed by atoms with Gasteiger partial charge in [-0.1, -0.05) is 41.9 Å². The maximum Gasteiger partial charge on any atom is 0.332 e. The Balaban J connectivity index is 1.71. The van der Waals surface area contributed by atoms with Gasteiger partial charge in [0.15, 0.2) is 11.2 Å². The molecule has 1 aliphatic heterocycles. The monoisotopic (exact) mass is 449 g/mol. The van der Waals surface area contributed by atoms with Gasteiger partial charge in [-0.3, -0.25) is 13.9 Å². The molecule has 0 amide bonds. The van der Waals surface area contributed by atoms with Crippen molar-refractivity contribution in [3.05, 3.63) is 85.0 Å². The van der Waals surface area contributed by atoms with Crippen molar-refractivity contribution in [2.24, 2.45) is 7.05 Å². The van der Waals surface area contributed by atoms with Crippen molar-refractivity contribution in [1.29, 1.82) is 0 Å². The Hall–Kier alpha value is -3.32. The van der Waals surface area contributed by atoms with Gasteiger partial charge in [0.25, 0.3) is 5.56 Å². The number of nitrogens with zero attached hydrogens (tertiary/aromatic N) is 5. The highest BCUT2D eigenvalue weighted by molar-refractivity contribution is 6.31. The van der Waals surface area contributed by atoms with Crippen LogP contribution in [0, 0.1) is 13.8 Å². The van der Waals surface area contributed by atoms with E-state index < -0.39 is 0 Å². The lowest BCUT2D eigenvalue weighted by atomic mass is 10.1. The van der Waals surface area contributed by atoms with Gasteiger partial charge in [0, 0.05) is 30.8 Å². The van der Waals surface area contributed by atoms with Gasteiger partial charge < -0.3 is 9.47 Å². The molecule has 0 unspecified atom stereocenters. The average Bonchev–Trinajstić information content (AvgIpc) is 3.18. The highest BCUT2D eigenvalue weighted by Crippen LogP contribution is 2.33. The lowest BCUT2D eigenvalue weighted by molar-refractivity contribution is 0.597. The van der Waals surface area contributed by atoms with Crippen molar-refractivity contribution in [2.75, 3.05) is 11.4 Å². The van der Waals surface area contributed by atoms with Crippen LogP contribution in [0.1, 0.15) is 23.1 Å². The van der Waals surface area contributed by atoms with Gasteiger partial charge in [0.2, 0.25) is 5.95 Å². The predicted molar refractivity (Wildman–Crippen MR) is 127 cm³/mol. The molecule has 0 saturated carbocycles. The van der Waals surface area contributed by atoms with Crippen LogP contribution in [0.2, 0.25) is 5.02 Å². The molecule has 0 fully saturated rings. The zero-order valence-electron chi connectivity index (χ0n) is 18.3. The van der Waals surface area contributed by atoms with E-state index in [9.17, 15) is 9.59 Å². The van der Waals surface area contributed by atoms with Gasteiger partial charge in [-0.15, -0.1) is 0 Å². The van der Waals surface area contributed by atoms with E-state index in [-0.39, 0.29) is 17.8 Å². The SMILES string of the molecule is Cc1ccc(N2CCCn3c2nc2c3c(=O)n(Cc3ccccc3C)c(=O)n2C)cc1Cl. The third-order valence-electron chi connectivity index (χ3n) is 6.27. The van der Waals surface area contributed by atoms with Crippen LogP contribution in [-0.4, -0.2) is 25.2 Å². The number of hydrogen-bond donors (Lipinski definition) is 0. The molecular formula is C24H24ClN5O2. The minimum Gasteiger partial charge on any atom is -0.312 e. The highest BCUT2D eigenvalue weighted by atomic mass is 35.5. The zero-order valence-corrected chi connectivity index (χ0v) is 19.1. The number of imidazole rings is 1. The second kappa shape index (κ2) is 7.67. The first kappa shape index (κ1) is 20.6. The van der Waals surface area contributed by atoms with E-state index in [1.807, 2.05) is 60.9 Å². The van der Waals surface area contributed by atoms with Crippen molar-refractivity contribution >= 4 is 34.4 Å². The van der Waals surface area contributed by atoms with E-state index in [2.05, 4.69) is 4.90 Å². The Morgan fingerprint density at radius 3 is 2.56 bits per heavy atom. The molecule has 5 rings (SSSR count). The molecule has 0 bridgehead atoms. The number of anilines is 2. The maximum absolute atomic E-state index is 13.5. The van der Waals surface area contributed by atoms with Crippen LogP contribution in [0.15, 0.2) is 52.1 Å². The predicted octanol–water partition coefficient (Wildman–Crippen LogP) is 3.76. The Bertz CT molecular complexity index is 1480. The molecule has 8 heteroatoms. The first-order valence-corrected chi connectivity index (χ1v) is 11.0. The van der Waals surface area contributed by atoms with Crippen molar-refractivity contribution < 1.29 is 0 Å². The maximum atomic E-state index is 13.5. The van der Waals surface area contributed by atoms with Crippen LogP contribution in [0.3, 0.4) is 0 Å². The van der Waals surface area contributed by atoms with Crippen molar-refractivity contribution in [1.82, 2.24) is 18.7 Å². The van der Waals surface area contributed by atoms with Crippen LogP contribution >= 0.6 is 11.6 Å². The molecule has 4 aromatic rings. The number of benzene rings is 2. The van der Waals surface area contributed by atoms with Gasteiger partial charge in [-0.05, 0) is 49.1 Å². The fraction of sp³-hybridized carbons (Fsp3) is 0.292. The summed E-state index contributed by atoms with van der Waals surface area (Å²) >= 11 is 6.37. The molecule has 0 N–H and O–H groups in total. The number of aromatic nitrogens is 4. The molecule has 3 heterocycles. The normalized spacial score (nSPS) is 13.6. The zero-order chi connectivity index (χ0) is 22.6. The van der Waals surface area contributed by atoms with E-state index in [1.165, 1.54) is 9.13 Å². The summed E-state index contributed by atoms with van der Waals surface area (Å²) in [5.41, 5.74) is 4.09.